The molecule has 0 bridgehead atoms. The molecule has 0 saturated heterocycles. The number of rotatable bonds is 7. The molecule has 5 nitrogen and oxygen atoms in total. The fourth-order valence-electron chi connectivity index (χ4n) is 1.83. The van der Waals surface area contributed by atoms with Crippen molar-refractivity contribution in [1.29, 1.82) is 0 Å². The van der Waals surface area contributed by atoms with Crippen molar-refractivity contribution in [3.63, 3.8) is 0 Å². The molecule has 0 unspecified atom stereocenters. The van der Waals surface area contributed by atoms with Crippen molar-refractivity contribution in [2.75, 3.05) is 20.3 Å². The summed E-state index contributed by atoms with van der Waals surface area (Å²) in [7, 11) is 1.59. The predicted octanol–water partition coefficient (Wildman–Crippen LogP) is 1.91. The number of carboxylic acids is 1. The van der Waals surface area contributed by atoms with Gasteiger partial charge in [0, 0.05) is 24.1 Å². The Bertz CT molecular complexity index is 620. The van der Waals surface area contributed by atoms with Crippen LogP contribution >= 0.6 is 11.6 Å². The number of aromatic carboxylic acids is 1. The maximum Gasteiger partial charge on any atom is 0.149 e. The molecule has 0 aliphatic carbocycles. The molecule has 6 heteroatoms. The largest absolute Gasteiger partial charge is 0.542 e. The van der Waals surface area contributed by atoms with E-state index in [0.717, 1.165) is 5.56 Å². The summed E-state index contributed by atoms with van der Waals surface area (Å²) in [5.41, 5.74) is 0.804. The molecule has 112 valence electrons. The third-order valence-electron chi connectivity index (χ3n) is 2.80. The molecule has 1 heterocycles. The van der Waals surface area contributed by atoms with E-state index < -0.39 is 5.97 Å². The maximum absolute atomic E-state index is 10.7. The van der Waals surface area contributed by atoms with Crippen LogP contribution < -0.4 is 9.84 Å². The van der Waals surface area contributed by atoms with Gasteiger partial charge in [0.2, 0.25) is 0 Å². The van der Waals surface area contributed by atoms with Crippen LogP contribution in [0.2, 0.25) is 5.02 Å². The Balaban J connectivity index is 2.16. The summed E-state index contributed by atoms with van der Waals surface area (Å²) < 4.78 is 15.7. The van der Waals surface area contributed by atoms with Crippen LogP contribution in [0.1, 0.15) is 21.9 Å². The van der Waals surface area contributed by atoms with E-state index in [4.69, 9.17) is 25.5 Å². The molecular weight excluding hydrogens is 296 g/mol. The van der Waals surface area contributed by atoms with E-state index in [1.807, 2.05) is 0 Å². The lowest BCUT2D eigenvalue weighted by atomic mass is 10.1. The number of hydrogen-bond acceptors (Lipinski definition) is 5. The van der Waals surface area contributed by atoms with Crippen molar-refractivity contribution >= 4 is 17.6 Å². The Morgan fingerprint density at radius 2 is 2.10 bits per heavy atom. The molecule has 21 heavy (non-hydrogen) atoms. The van der Waals surface area contributed by atoms with Crippen LogP contribution in [0.5, 0.6) is 5.75 Å². The first kappa shape index (κ1) is 15.4. The van der Waals surface area contributed by atoms with Gasteiger partial charge in [-0.3, -0.25) is 0 Å². The lowest BCUT2D eigenvalue weighted by molar-refractivity contribution is -0.257. The average Bonchev–Trinajstić information content (AvgIpc) is 2.90. The molecule has 0 fully saturated rings. The first-order chi connectivity index (χ1) is 10.1. The summed E-state index contributed by atoms with van der Waals surface area (Å²) in [6.07, 6.45) is 0.371. The van der Waals surface area contributed by atoms with E-state index in [0.29, 0.717) is 36.2 Å². The molecule has 1 aromatic heterocycles. The van der Waals surface area contributed by atoms with E-state index in [9.17, 15) is 9.90 Å². The van der Waals surface area contributed by atoms with Gasteiger partial charge in [0.25, 0.3) is 0 Å². The number of halogens is 1. The standard InChI is InChI=1S/C15H15ClO5/c1-19-6-7-20-13-4-2-11(16)8-10(13)9-12-3-5-14(21-12)15(17)18/h2-5,8H,6-7,9H2,1H3,(H,17,18)/p-1. The van der Waals surface area contributed by atoms with Crippen LogP contribution in [-0.4, -0.2) is 26.3 Å². The number of furan rings is 1. The lowest BCUT2D eigenvalue weighted by Gasteiger charge is -2.11. The Morgan fingerprint density at radius 1 is 1.29 bits per heavy atom. The molecule has 0 N–H and O–H groups in total. The molecule has 0 aliphatic rings. The van der Waals surface area contributed by atoms with Crippen LogP contribution in [0.4, 0.5) is 0 Å². The molecule has 0 aliphatic heterocycles. The van der Waals surface area contributed by atoms with Gasteiger partial charge in [-0.05, 0) is 30.3 Å². The Morgan fingerprint density at radius 3 is 2.76 bits per heavy atom. The lowest BCUT2D eigenvalue weighted by Crippen LogP contribution is -2.21. The quantitative estimate of drug-likeness (QED) is 0.731. The molecule has 0 spiro atoms. The minimum absolute atomic E-state index is 0.200. The SMILES string of the molecule is COCCOc1ccc(Cl)cc1Cc1ccc(C(=O)[O-])o1. The predicted molar refractivity (Wildman–Crippen MR) is 74.7 cm³/mol. The molecule has 0 radical (unpaired) electrons. The first-order valence-corrected chi connectivity index (χ1v) is 6.68. The summed E-state index contributed by atoms with van der Waals surface area (Å²) >= 11 is 5.99. The van der Waals surface area contributed by atoms with Crippen LogP contribution in [0, 0.1) is 0 Å². The van der Waals surface area contributed by atoms with Gasteiger partial charge in [-0.25, -0.2) is 0 Å². The number of benzene rings is 1. The normalized spacial score (nSPS) is 10.6. The van der Waals surface area contributed by atoms with E-state index in [2.05, 4.69) is 0 Å². The summed E-state index contributed by atoms with van der Waals surface area (Å²) in [4.78, 5) is 10.7. The van der Waals surface area contributed by atoms with Crippen LogP contribution in [-0.2, 0) is 11.2 Å². The Hall–Kier alpha value is -1.98. The number of hydrogen-bond donors (Lipinski definition) is 0. The van der Waals surface area contributed by atoms with Gasteiger partial charge in [0.15, 0.2) is 0 Å². The topological polar surface area (TPSA) is 71.7 Å². The van der Waals surface area contributed by atoms with Gasteiger partial charge in [-0.1, -0.05) is 11.6 Å². The van der Waals surface area contributed by atoms with Gasteiger partial charge in [-0.15, -0.1) is 0 Å². The molecular formula is C15H14ClO5-. The molecule has 0 amide bonds. The van der Waals surface area contributed by atoms with Gasteiger partial charge < -0.3 is 23.8 Å². The number of methoxy groups -OCH3 is 1. The molecule has 0 saturated carbocycles. The van der Waals surface area contributed by atoms with E-state index in [-0.39, 0.29) is 5.76 Å². The second-order valence-electron chi connectivity index (χ2n) is 4.32. The van der Waals surface area contributed by atoms with Crippen LogP contribution in [0.25, 0.3) is 0 Å². The molecule has 0 atom stereocenters. The fraction of sp³-hybridized carbons (Fsp3) is 0.267. The second-order valence-corrected chi connectivity index (χ2v) is 4.76. The smallest absolute Gasteiger partial charge is 0.149 e. The average molecular weight is 310 g/mol. The summed E-state index contributed by atoms with van der Waals surface area (Å²) in [5.74, 6) is -0.395. The Kier molecular flexibility index (Phi) is 5.25. The van der Waals surface area contributed by atoms with Crippen LogP contribution in [0.15, 0.2) is 34.7 Å². The van der Waals surface area contributed by atoms with E-state index >= 15 is 0 Å². The van der Waals surface area contributed by atoms with Crippen LogP contribution in [0.3, 0.4) is 0 Å². The first-order valence-electron chi connectivity index (χ1n) is 6.30. The van der Waals surface area contributed by atoms with Crippen molar-refractivity contribution in [3.05, 3.63) is 52.4 Å². The maximum atomic E-state index is 10.7. The van der Waals surface area contributed by atoms with Gasteiger partial charge in [0.1, 0.15) is 29.8 Å². The highest BCUT2D eigenvalue weighted by atomic mass is 35.5. The third kappa shape index (κ3) is 4.24. The fourth-order valence-corrected chi connectivity index (χ4v) is 2.03. The molecule has 2 aromatic rings. The highest BCUT2D eigenvalue weighted by molar-refractivity contribution is 6.30. The van der Waals surface area contributed by atoms with E-state index in [1.165, 1.54) is 6.07 Å². The summed E-state index contributed by atoms with van der Waals surface area (Å²) in [6, 6.07) is 8.19. The van der Waals surface area contributed by atoms with Gasteiger partial charge in [0.05, 0.1) is 6.61 Å². The number of carbonyl (C=O) groups excluding carboxylic acids is 1. The van der Waals surface area contributed by atoms with Crippen molar-refractivity contribution < 1.29 is 23.8 Å². The Labute approximate surface area is 127 Å². The van der Waals surface area contributed by atoms with Crippen molar-refractivity contribution in [1.82, 2.24) is 0 Å². The minimum Gasteiger partial charge on any atom is -0.542 e. The monoisotopic (exact) mass is 309 g/mol. The third-order valence-corrected chi connectivity index (χ3v) is 3.03. The van der Waals surface area contributed by atoms with E-state index in [1.54, 1.807) is 31.4 Å². The number of carboxylic acid groups (broad SMARTS) is 1. The zero-order valence-corrected chi connectivity index (χ0v) is 12.2. The number of ether oxygens (including phenoxy) is 2. The number of carbonyl (C=O) groups is 1. The van der Waals surface area contributed by atoms with Gasteiger partial charge in [-0.2, -0.15) is 0 Å². The summed E-state index contributed by atoms with van der Waals surface area (Å²) in [6.45, 7) is 0.880. The molecule has 2 rings (SSSR count). The zero-order valence-electron chi connectivity index (χ0n) is 11.4. The van der Waals surface area contributed by atoms with Gasteiger partial charge >= 0.3 is 0 Å². The second kappa shape index (κ2) is 7.15. The summed E-state index contributed by atoms with van der Waals surface area (Å²) in [5, 5.41) is 11.3. The highest BCUT2D eigenvalue weighted by Gasteiger charge is 2.10. The minimum atomic E-state index is -1.34. The highest BCUT2D eigenvalue weighted by Crippen LogP contribution is 2.26. The molecule has 1 aromatic carbocycles. The zero-order chi connectivity index (χ0) is 15.2. The van der Waals surface area contributed by atoms with Crippen molar-refractivity contribution in [2.45, 2.75) is 6.42 Å². The van der Waals surface area contributed by atoms with Crippen molar-refractivity contribution in [3.8, 4) is 5.75 Å². The van der Waals surface area contributed by atoms with Crippen molar-refractivity contribution in [2.24, 2.45) is 0 Å².